The summed E-state index contributed by atoms with van der Waals surface area (Å²) in [5.74, 6) is -0.294. The van der Waals surface area contributed by atoms with Gasteiger partial charge in [0.05, 0.1) is 17.2 Å². The number of likely N-dealkylation sites (N-methyl/N-ethyl adjacent to an activating group) is 1. The van der Waals surface area contributed by atoms with Gasteiger partial charge in [0.15, 0.2) is 0 Å². The molecule has 0 saturated carbocycles. The molecule has 0 aliphatic carbocycles. The number of hydrogen-bond acceptors (Lipinski definition) is 5. The molecule has 2 amide bonds. The third kappa shape index (κ3) is 8.39. The van der Waals surface area contributed by atoms with Crippen LogP contribution in [0.5, 0.6) is 5.75 Å². The fraction of sp³-hybridized carbons (Fsp3) is 0.235. The van der Waals surface area contributed by atoms with E-state index in [1.54, 1.807) is 24.3 Å². The molecule has 0 fully saturated rings. The third-order valence-electron chi connectivity index (χ3n) is 6.93. The van der Waals surface area contributed by atoms with Gasteiger partial charge in [-0.05, 0) is 73.5 Å². The molecular formula is C34H36ClN3O5S. The minimum Gasteiger partial charge on any atom is -0.494 e. The van der Waals surface area contributed by atoms with Crippen LogP contribution in [0.25, 0.3) is 0 Å². The van der Waals surface area contributed by atoms with Crippen LogP contribution >= 0.6 is 11.6 Å². The number of amides is 2. The number of hydrogen-bond donors (Lipinski definition) is 1. The summed E-state index contributed by atoms with van der Waals surface area (Å²) in [6, 6.07) is 30.1. The van der Waals surface area contributed by atoms with Crippen LogP contribution in [0.4, 0.5) is 5.69 Å². The first kappa shape index (κ1) is 32.6. The van der Waals surface area contributed by atoms with Gasteiger partial charge in [0, 0.05) is 24.5 Å². The van der Waals surface area contributed by atoms with E-state index in [0.29, 0.717) is 23.9 Å². The summed E-state index contributed by atoms with van der Waals surface area (Å²) < 4.78 is 34.7. The highest BCUT2D eigenvalue weighted by molar-refractivity contribution is 7.92. The molecule has 0 radical (unpaired) electrons. The first-order valence-corrected chi connectivity index (χ1v) is 16.2. The van der Waals surface area contributed by atoms with Crippen LogP contribution in [0.15, 0.2) is 114 Å². The number of benzene rings is 4. The molecule has 1 N–H and O–H groups in total. The van der Waals surface area contributed by atoms with E-state index in [1.165, 1.54) is 29.2 Å². The van der Waals surface area contributed by atoms with Crippen molar-refractivity contribution in [3.05, 3.63) is 125 Å². The van der Waals surface area contributed by atoms with Gasteiger partial charge in [-0.1, -0.05) is 72.3 Å². The van der Waals surface area contributed by atoms with Crippen LogP contribution in [-0.2, 0) is 32.6 Å². The minimum absolute atomic E-state index is 0.0252. The van der Waals surface area contributed by atoms with Crippen molar-refractivity contribution < 1.29 is 22.7 Å². The van der Waals surface area contributed by atoms with Crippen molar-refractivity contribution in [1.29, 1.82) is 0 Å². The predicted molar refractivity (Wildman–Crippen MR) is 173 cm³/mol. The van der Waals surface area contributed by atoms with Gasteiger partial charge >= 0.3 is 0 Å². The second kappa shape index (κ2) is 15.4. The maximum atomic E-state index is 14.4. The molecular weight excluding hydrogens is 598 g/mol. The summed E-state index contributed by atoms with van der Waals surface area (Å²) >= 11 is 6.04. The van der Waals surface area contributed by atoms with E-state index in [4.69, 9.17) is 16.3 Å². The smallest absolute Gasteiger partial charge is 0.264 e. The first-order chi connectivity index (χ1) is 21.2. The van der Waals surface area contributed by atoms with Gasteiger partial charge in [-0.25, -0.2) is 8.42 Å². The van der Waals surface area contributed by atoms with Crippen molar-refractivity contribution >= 4 is 39.1 Å². The Bertz CT molecular complexity index is 1620. The highest BCUT2D eigenvalue weighted by Crippen LogP contribution is 2.27. The quantitative estimate of drug-likeness (QED) is 0.192. The van der Waals surface area contributed by atoms with E-state index in [1.807, 2.05) is 74.5 Å². The normalized spacial score (nSPS) is 11.8. The zero-order valence-corrected chi connectivity index (χ0v) is 26.3. The lowest BCUT2D eigenvalue weighted by Gasteiger charge is -2.33. The Kier molecular flexibility index (Phi) is 11.4. The summed E-state index contributed by atoms with van der Waals surface area (Å²) in [4.78, 5) is 29.3. The third-order valence-corrected chi connectivity index (χ3v) is 8.97. The molecule has 4 aromatic rings. The SMILES string of the molecule is CCNC(=O)[C@@H](Cc1ccccc1)N(Cc1ccccc1)C(=O)CN(c1ccc(OCC)cc1)S(=O)(=O)c1ccc(Cl)cc1. The van der Waals surface area contributed by atoms with E-state index >= 15 is 0 Å². The van der Waals surface area contributed by atoms with Crippen LogP contribution in [0.3, 0.4) is 0 Å². The van der Waals surface area contributed by atoms with Crippen molar-refractivity contribution in [1.82, 2.24) is 10.2 Å². The van der Waals surface area contributed by atoms with Crippen molar-refractivity contribution in [2.75, 3.05) is 24.0 Å². The Hall–Kier alpha value is -4.34. The van der Waals surface area contributed by atoms with Crippen LogP contribution in [0, 0.1) is 0 Å². The number of sulfonamides is 1. The first-order valence-electron chi connectivity index (χ1n) is 14.4. The average Bonchev–Trinajstić information content (AvgIpc) is 3.03. The molecule has 0 bridgehead atoms. The van der Waals surface area contributed by atoms with E-state index < -0.39 is 28.5 Å². The van der Waals surface area contributed by atoms with Gasteiger partial charge in [0.25, 0.3) is 10.0 Å². The molecule has 8 nitrogen and oxygen atoms in total. The Balaban J connectivity index is 1.78. The fourth-order valence-electron chi connectivity index (χ4n) is 4.76. The highest BCUT2D eigenvalue weighted by atomic mass is 35.5. The van der Waals surface area contributed by atoms with E-state index in [-0.39, 0.29) is 29.5 Å². The lowest BCUT2D eigenvalue weighted by Crippen LogP contribution is -2.53. The zero-order chi connectivity index (χ0) is 31.5. The fourth-order valence-corrected chi connectivity index (χ4v) is 6.30. The molecule has 0 aliphatic rings. The molecule has 0 unspecified atom stereocenters. The molecule has 0 aromatic heterocycles. The standard InChI is InChI=1S/C34H36ClN3O5S/c1-3-36-34(40)32(23-26-11-7-5-8-12-26)37(24-27-13-9-6-10-14-27)33(39)25-38(29-17-19-30(20-18-29)43-4-2)44(41,42)31-21-15-28(35)16-22-31/h5-22,32H,3-4,23-25H2,1-2H3,(H,36,40)/t32-/m1/s1. The van der Waals surface area contributed by atoms with E-state index in [9.17, 15) is 18.0 Å². The van der Waals surface area contributed by atoms with Gasteiger partial charge in [0.2, 0.25) is 11.8 Å². The summed E-state index contributed by atoms with van der Waals surface area (Å²) in [5.41, 5.74) is 1.94. The summed E-state index contributed by atoms with van der Waals surface area (Å²) in [6.07, 6.45) is 0.248. The molecule has 0 heterocycles. The maximum absolute atomic E-state index is 14.4. The summed E-state index contributed by atoms with van der Waals surface area (Å²) in [5, 5.41) is 3.24. The summed E-state index contributed by atoms with van der Waals surface area (Å²) in [7, 11) is -4.23. The topological polar surface area (TPSA) is 96.0 Å². The molecule has 0 spiro atoms. The number of halogens is 1. The molecule has 0 saturated heterocycles. The number of anilines is 1. The Morgan fingerprint density at radius 1 is 0.818 bits per heavy atom. The van der Waals surface area contributed by atoms with Crippen LogP contribution in [-0.4, -0.2) is 50.9 Å². The highest BCUT2D eigenvalue weighted by Gasteiger charge is 2.34. The molecule has 4 aromatic carbocycles. The van der Waals surface area contributed by atoms with Gasteiger partial charge < -0.3 is 15.0 Å². The molecule has 44 heavy (non-hydrogen) atoms. The van der Waals surface area contributed by atoms with Gasteiger partial charge in [-0.15, -0.1) is 0 Å². The van der Waals surface area contributed by atoms with Crippen molar-refractivity contribution in [2.45, 2.75) is 37.8 Å². The van der Waals surface area contributed by atoms with E-state index in [2.05, 4.69) is 5.32 Å². The van der Waals surface area contributed by atoms with Crippen LogP contribution in [0.2, 0.25) is 5.02 Å². The molecule has 0 aliphatic heterocycles. The lowest BCUT2D eigenvalue weighted by atomic mass is 10.0. The largest absolute Gasteiger partial charge is 0.494 e. The Morgan fingerprint density at radius 2 is 1.41 bits per heavy atom. The number of carbonyl (C=O) groups is 2. The predicted octanol–water partition coefficient (Wildman–Crippen LogP) is 5.71. The lowest BCUT2D eigenvalue weighted by molar-refractivity contribution is -0.140. The van der Waals surface area contributed by atoms with E-state index in [0.717, 1.165) is 15.4 Å². The minimum atomic E-state index is -4.23. The second-order valence-electron chi connectivity index (χ2n) is 10.00. The number of carbonyl (C=O) groups excluding carboxylic acids is 2. The van der Waals surface area contributed by atoms with Crippen LogP contribution < -0.4 is 14.4 Å². The maximum Gasteiger partial charge on any atom is 0.264 e. The van der Waals surface area contributed by atoms with Crippen molar-refractivity contribution in [3.8, 4) is 5.75 Å². The Morgan fingerprint density at radius 3 is 1.98 bits per heavy atom. The number of nitrogens with zero attached hydrogens (tertiary/aromatic N) is 2. The number of rotatable bonds is 14. The Labute approximate surface area is 264 Å². The van der Waals surface area contributed by atoms with Gasteiger partial charge in [-0.2, -0.15) is 0 Å². The second-order valence-corrected chi connectivity index (χ2v) is 12.3. The molecule has 1 atom stereocenters. The molecule has 10 heteroatoms. The summed E-state index contributed by atoms with van der Waals surface area (Å²) in [6.45, 7) is 4.05. The molecule has 4 rings (SSSR count). The van der Waals surface area contributed by atoms with Crippen molar-refractivity contribution in [3.63, 3.8) is 0 Å². The average molecular weight is 634 g/mol. The number of ether oxygens (including phenoxy) is 1. The van der Waals surface area contributed by atoms with Crippen LogP contribution in [0.1, 0.15) is 25.0 Å². The van der Waals surface area contributed by atoms with Gasteiger partial charge in [-0.3, -0.25) is 13.9 Å². The monoisotopic (exact) mass is 633 g/mol. The zero-order valence-electron chi connectivity index (χ0n) is 24.7. The van der Waals surface area contributed by atoms with Crippen molar-refractivity contribution in [2.24, 2.45) is 0 Å². The molecule has 230 valence electrons. The van der Waals surface area contributed by atoms with Gasteiger partial charge in [0.1, 0.15) is 18.3 Å². The number of nitrogens with one attached hydrogen (secondary N) is 1.